The summed E-state index contributed by atoms with van der Waals surface area (Å²) in [6.45, 7) is 1.86. The van der Waals surface area contributed by atoms with Crippen molar-refractivity contribution in [3.63, 3.8) is 0 Å². The van der Waals surface area contributed by atoms with Crippen LogP contribution < -0.4 is 10.6 Å². The van der Waals surface area contributed by atoms with Crippen LogP contribution in [0.4, 0.5) is 11.4 Å². The van der Waals surface area contributed by atoms with E-state index in [9.17, 15) is 4.79 Å². The Kier molecular flexibility index (Phi) is 5.25. The molecule has 1 aromatic rings. The van der Waals surface area contributed by atoms with Crippen LogP contribution in [0, 0.1) is 0 Å². The van der Waals surface area contributed by atoms with Gasteiger partial charge in [-0.3, -0.25) is 4.79 Å². The molecule has 0 bridgehead atoms. The second kappa shape index (κ2) is 7.17. The predicted molar refractivity (Wildman–Crippen MR) is 80.5 cm³/mol. The molecule has 104 valence electrons. The molecule has 3 nitrogen and oxygen atoms in total. The number of hydrogen-bond acceptors (Lipinski definition) is 2. The minimum absolute atomic E-state index is 0.0597. The molecule has 3 heteroatoms. The van der Waals surface area contributed by atoms with Crippen LogP contribution in [0.3, 0.4) is 0 Å². The number of carbonyl (C=O) groups is 1. The van der Waals surface area contributed by atoms with E-state index in [1.165, 1.54) is 38.5 Å². The Bertz CT molecular complexity index is 392. The van der Waals surface area contributed by atoms with E-state index < -0.39 is 0 Å². The molecule has 0 aliphatic heterocycles. The first-order valence-corrected chi connectivity index (χ1v) is 7.44. The van der Waals surface area contributed by atoms with E-state index in [0.29, 0.717) is 12.5 Å². The Morgan fingerprint density at radius 2 is 1.63 bits per heavy atom. The number of benzene rings is 1. The summed E-state index contributed by atoms with van der Waals surface area (Å²) in [4.78, 5) is 11.3. The van der Waals surface area contributed by atoms with Gasteiger partial charge in [0.25, 0.3) is 0 Å². The second-order valence-electron chi connectivity index (χ2n) is 5.31. The topological polar surface area (TPSA) is 41.1 Å². The van der Waals surface area contributed by atoms with E-state index in [2.05, 4.69) is 22.8 Å². The highest BCUT2D eigenvalue weighted by molar-refractivity contribution is 5.90. The third-order valence-electron chi connectivity index (χ3n) is 3.72. The quantitative estimate of drug-likeness (QED) is 0.798. The summed E-state index contributed by atoms with van der Waals surface area (Å²) in [5.74, 6) is 0.0597. The molecule has 1 aromatic carbocycles. The molecule has 19 heavy (non-hydrogen) atoms. The molecule has 1 aliphatic carbocycles. The average Bonchev–Trinajstić information content (AvgIpc) is 2.69. The highest BCUT2D eigenvalue weighted by Gasteiger charge is 2.11. The molecule has 0 aromatic heterocycles. The van der Waals surface area contributed by atoms with Crippen molar-refractivity contribution >= 4 is 17.3 Å². The zero-order valence-electron chi connectivity index (χ0n) is 11.7. The Labute approximate surface area is 115 Å². The molecule has 1 saturated carbocycles. The third-order valence-corrected chi connectivity index (χ3v) is 3.72. The first-order chi connectivity index (χ1) is 9.28. The lowest BCUT2D eigenvalue weighted by atomic mass is 10.1. The van der Waals surface area contributed by atoms with Gasteiger partial charge in [-0.1, -0.05) is 32.6 Å². The van der Waals surface area contributed by atoms with Gasteiger partial charge in [0.1, 0.15) is 0 Å². The fourth-order valence-corrected chi connectivity index (χ4v) is 2.56. The van der Waals surface area contributed by atoms with Gasteiger partial charge >= 0.3 is 0 Å². The van der Waals surface area contributed by atoms with E-state index in [1.807, 2.05) is 19.1 Å². The van der Waals surface area contributed by atoms with Crippen molar-refractivity contribution in [3.8, 4) is 0 Å². The number of anilines is 2. The summed E-state index contributed by atoms with van der Waals surface area (Å²) < 4.78 is 0. The molecule has 2 N–H and O–H groups in total. The van der Waals surface area contributed by atoms with E-state index in [0.717, 1.165) is 11.4 Å². The van der Waals surface area contributed by atoms with Gasteiger partial charge in [0.05, 0.1) is 0 Å². The smallest absolute Gasteiger partial charge is 0.224 e. The fourth-order valence-electron chi connectivity index (χ4n) is 2.56. The van der Waals surface area contributed by atoms with Crippen molar-refractivity contribution in [1.29, 1.82) is 0 Å². The number of hydrogen-bond donors (Lipinski definition) is 2. The monoisotopic (exact) mass is 260 g/mol. The maximum Gasteiger partial charge on any atom is 0.224 e. The predicted octanol–water partition coefficient (Wildman–Crippen LogP) is 4.17. The number of rotatable bonds is 4. The van der Waals surface area contributed by atoms with Crippen LogP contribution >= 0.6 is 0 Å². The zero-order valence-corrected chi connectivity index (χ0v) is 11.7. The van der Waals surface area contributed by atoms with Crippen molar-refractivity contribution < 1.29 is 4.79 Å². The lowest BCUT2D eigenvalue weighted by molar-refractivity contribution is -0.115. The Morgan fingerprint density at radius 3 is 2.21 bits per heavy atom. The SMILES string of the molecule is CCC(=O)Nc1ccc(NC2CCCCCC2)cc1. The van der Waals surface area contributed by atoms with E-state index in [-0.39, 0.29) is 5.91 Å². The van der Waals surface area contributed by atoms with Gasteiger partial charge in [0.2, 0.25) is 5.91 Å². The summed E-state index contributed by atoms with van der Waals surface area (Å²) in [5, 5.41) is 6.47. The molecule has 1 amide bonds. The lowest BCUT2D eigenvalue weighted by Crippen LogP contribution is -2.18. The normalized spacial score (nSPS) is 16.7. The van der Waals surface area contributed by atoms with Gasteiger partial charge in [0.15, 0.2) is 0 Å². The molecule has 0 atom stereocenters. The van der Waals surface area contributed by atoms with Crippen LogP contribution in [0.2, 0.25) is 0 Å². The summed E-state index contributed by atoms with van der Waals surface area (Å²) in [6, 6.07) is 8.64. The minimum atomic E-state index is 0.0597. The molecule has 0 heterocycles. The average molecular weight is 260 g/mol. The van der Waals surface area contributed by atoms with Crippen LogP contribution in [0.1, 0.15) is 51.9 Å². The standard InChI is InChI=1S/C16H24N2O/c1-2-16(19)18-15-11-9-14(10-12-15)17-13-7-5-3-4-6-8-13/h9-13,17H,2-8H2,1H3,(H,18,19). The highest BCUT2D eigenvalue weighted by Crippen LogP contribution is 2.22. The van der Waals surface area contributed by atoms with Gasteiger partial charge in [-0.05, 0) is 37.1 Å². The summed E-state index contributed by atoms with van der Waals surface area (Å²) >= 11 is 0. The van der Waals surface area contributed by atoms with Crippen LogP contribution in [0.5, 0.6) is 0 Å². The van der Waals surface area contributed by atoms with Crippen molar-refractivity contribution in [2.24, 2.45) is 0 Å². The molecule has 1 fully saturated rings. The van der Waals surface area contributed by atoms with Crippen LogP contribution in [-0.2, 0) is 4.79 Å². The molecule has 0 unspecified atom stereocenters. The fraction of sp³-hybridized carbons (Fsp3) is 0.562. The maximum absolute atomic E-state index is 11.3. The first kappa shape index (κ1) is 13.9. The van der Waals surface area contributed by atoms with E-state index >= 15 is 0 Å². The van der Waals surface area contributed by atoms with Crippen molar-refractivity contribution in [1.82, 2.24) is 0 Å². The second-order valence-corrected chi connectivity index (χ2v) is 5.31. The number of nitrogens with one attached hydrogen (secondary N) is 2. The van der Waals surface area contributed by atoms with E-state index in [1.54, 1.807) is 0 Å². The minimum Gasteiger partial charge on any atom is -0.382 e. The number of amides is 1. The van der Waals surface area contributed by atoms with Crippen LogP contribution in [0.15, 0.2) is 24.3 Å². The molecule has 0 spiro atoms. The third kappa shape index (κ3) is 4.58. The van der Waals surface area contributed by atoms with Gasteiger partial charge in [-0.15, -0.1) is 0 Å². The van der Waals surface area contributed by atoms with Gasteiger partial charge < -0.3 is 10.6 Å². The summed E-state index contributed by atoms with van der Waals surface area (Å²) in [5.41, 5.74) is 2.03. The molecule has 2 rings (SSSR count). The Hall–Kier alpha value is -1.51. The van der Waals surface area contributed by atoms with Gasteiger partial charge in [-0.2, -0.15) is 0 Å². The van der Waals surface area contributed by atoms with Crippen molar-refractivity contribution in [2.75, 3.05) is 10.6 Å². The molecular weight excluding hydrogens is 236 g/mol. The first-order valence-electron chi connectivity index (χ1n) is 7.44. The van der Waals surface area contributed by atoms with E-state index in [4.69, 9.17) is 0 Å². The van der Waals surface area contributed by atoms with Gasteiger partial charge in [0, 0.05) is 23.8 Å². The Morgan fingerprint density at radius 1 is 1.05 bits per heavy atom. The zero-order chi connectivity index (χ0) is 13.5. The summed E-state index contributed by atoms with van der Waals surface area (Å²) in [6.07, 6.45) is 8.48. The summed E-state index contributed by atoms with van der Waals surface area (Å²) in [7, 11) is 0. The largest absolute Gasteiger partial charge is 0.382 e. The van der Waals surface area contributed by atoms with Crippen LogP contribution in [0.25, 0.3) is 0 Å². The van der Waals surface area contributed by atoms with Crippen LogP contribution in [-0.4, -0.2) is 11.9 Å². The number of carbonyl (C=O) groups excluding carboxylic acids is 1. The van der Waals surface area contributed by atoms with Crippen molar-refractivity contribution in [2.45, 2.75) is 57.9 Å². The molecule has 1 aliphatic rings. The van der Waals surface area contributed by atoms with Crippen molar-refractivity contribution in [3.05, 3.63) is 24.3 Å². The molecule has 0 radical (unpaired) electrons. The highest BCUT2D eigenvalue weighted by atomic mass is 16.1. The van der Waals surface area contributed by atoms with Gasteiger partial charge in [-0.25, -0.2) is 0 Å². The lowest BCUT2D eigenvalue weighted by Gasteiger charge is -2.17. The Balaban J connectivity index is 1.88. The molecular formula is C16H24N2O. The molecule has 0 saturated heterocycles. The maximum atomic E-state index is 11.3.